The molecule has 1 heterocycles. The molecule has 0 radical (unpaired) electrons. The molecule has 0 unspecified atom stereocenters. The van der Waals surface area contributed by atoms with E-state index in [0.29, 0.717) is 49.9 Å². The van der Waals surface area contributed by atoms with Gasteiger partial charge in [-0.25, -0.2) is 16.4 Å². The smallest absolute Gasteiger partial charge is 0.248 e. The Hall–Kier alpha value is -4.60. The van der Waals surface area contributed by atoms with Crippen LogP contribution in [-0.4, -0.2) is 60.9 Å². The van der Waals surface area contributed by atoms with Crippen molar-refractivity contribution in [2.45, 2.75) is 43.6 Å². The van der Waals surface area contributed by atoms with Crippen LogP contribution < -0.4 is 28.2 Å². The number of carbonyl (C=O) groups excluding carboxylic acids is 3. The lowest BCUT2D eigenvalue weighted by Gasteiger charge is -2.36. The Labute approximate surface area is 232 Å². The number of rotatable bonds is 9. The molecule has 2 aromatic rings. The summed E-state index contributed by atoms with van der Waals surface area (Å²) in [4.78, 5) is 42.7. The van der Waals surface area contributed by atoms with Gasteiger partial charge < -0.3 is 21.7 Å². The van der Waals surface area contributed by atoms with Gasteiger partial charge in [0.1, 0.15) is 6.04 Å². The molecule has 208 valence electrons. The van der Waals surface area contributed by atoms with Crippen LogP contribution in [-0.2, 0) is 23.1 Å². The third kappa shape index (κ3) is 5.29. The van der Waals surface area contributed by atoms with Crippen molar-refractivity contribution in [2.24, 2.45) is 27.4 Å². The molecule has 12 heteroatoms. The molecule has 0 saturated carbocycles. The van der Waals surface area contributed by atoms with E-state index in [1.807, 2.05) is 12.1 Å². The number of amides is 3. The number of nitriles is 1. The van der Waals surface area contributed by atoms with E-state index in [1.165, 1.54) is 0 Å². The second-order valence-electron chi connectivity index (χ2n) is 9.90. The highest BCUT2D eigenvalue weighted by Crippen LogP contribution is 2.44. The van der Waals surface area contributed by atoms with Crippen molar-refractivity contribution in [1.82, 2.24) is 15.8 Å². The predicted octanol–water partition coefficient (Wildman–Crippen LogP) is 0.241. The van der Waals surface area contributed by atoms with Crippen LogP contribution in [0.2, 0.25) is 0 Å². The summed E-state index contributed by atoms with van der Waals surface area (Å²) in [6.07, 6.45) is 2.94. The summed E-state index contributed by atoms with van der Waals surface area (Å²) in [5, 5.41) is 16.9. The van der Waals surface area contributed by atoms with Crippen molar-refractivity contribution in [2.75, 3.05) is 19.6 Å². The van der Waals surface area contributed by atoms with Crippen LogP contribution in [0.4, 0.5) is 0 Å². The first-order valence-corrected chi connectivity index (χ1v) is 13.0. The Morgan fingerprint density at radius 3 is 2.17 bits per heavy atom. The second kappa shape index (κ2) is 12.1. The van der Waals surface area contributed by atoms with E-state index >= 15 is 0 Å². The fraction of sp³-hybridized carbons (Fsp3) is 0.357. The Morgan fingerprint density at radius 1 is 1.07 bits per heavy atom. The van der Waals surface area contributed by atoms with Gasteiger partial charge in [-0.05, 0) is 91.9 Å². The van der Waals surface area contributed by atoms with Crippen LogP contribution in [0.25, 0.3) is 0 Å². The lowest BCUT2D eigenvalue weighted by molar-refractivity contribution is -0.130. The molecule has 4 rings (SSSR count). The third-order valence-corrected chi connectivity index (χ3v) is 7.74. The van der Waals surface area contributed by atoms with Gasteiger partial charge in [0.25, 0.3) is 0 Å². The number of fused-ring (bicyclic) bond motifs is 2. The minimum absolute atomic E-state index is 0.0539. The van der Waals surface area contributed by atoms with Gasteiger partial charge in [0, 0.05) is 17.7 Å². The number of benzene rings is 2. The maximum Gasteiger partial charge on any atom is 0.248 e. The zero-order valence-electron chi connectivity index (χ0n) is 22.2. The van der Waals surface area contributed by atoms with E-state index in [2.05, 4.69) is 33.7 Å². The molecule has 2 aromatic carbocycles. The van der Waals surface area contributed by atoms with Gasteiger partial charge in [0.2, 0.25) is 17.7 Å². The summed E-state index contributed by atoms with van der Waals surface area (Å²) < 4.78 is 0. The molecule has 12 nitrogen and oxygen atoms in total. The molecular weight excluding hydrogens is 510 g/mol. The first-order chi connectivity index (χ1) is 19.3. The molecule has 1 saturated heterocycles. The zero-order chi connectivity index (χ0) is 28.9. The van der Waals surface area contributed by atoms with Gasteiger partial charge in [-0.1, -0.05) is 12.1 Å². The molecule has 8 N–H and O–H groups in total. The van der Waals surface area contributed by atoms with Crippen molar-refractivity contribution in [3.63, 3.8) is 0 Å². The summed E-state index contributed by atoms with van der Waals surface area (Å²) in [5.74, 6) is 4.65. The first kappa shape index (κ1) is 28.4. The van der Waals surface area contributed by atoms with Crippen molar-refractivity contribution in [1.29, 1.82) is 5.26 Å². The van der Waals surface area contributed by atoms with E-state index in [4.69, 9.17) is 17.3 Å². The molecule has 0 bridgehead atoms. The minimum Gasteiger partial charge on any atom is -0.366 e. The van der Waals surface area contributed by atoms with E-state index < -0.39 is 23.3 Å². The SMILES string of the molecule is C=N/C(=N\NN)C1(CCNCC(=O)N2CCC[C@H]2C#N)c2ccc(C(N)=O)cc2CCc2cc(C(N)=O)ccc21. The normalized spacial score (nSPS) is 17.6. The second-order valence-corrected chi connectivity index (χ2v) is 9.90. The number of aryl methyl sites for hydroxylation is 2. The van der Waals surface area contributed by atoms with Gasteiger partial charge in [0.05, 0.1) is 18.0 Å². The fourth-order valence-electron chi connectivity index (χ4n) is 5.88. The Kier molecular flexibility index (Phi) is 8.57. The molecule has 0 aromatic heterocycles. The van der Waals surface area contributed by atoms with E-state index in [0.717, 1.165) is 28.7 Å². The summed E-state index contributed by atoms with van der Waals surface area (Å²) >= 11 is 0. The lowest BCUT2D eigenvalue weighted by Crippen LogP contribution is -2.44. The minimum atomic E-state index is -1.03. The van der Waals surface area contributed by atoms with Crippen LogP contribution in [0.3, 0.4) is 0 Å². The summed E-state index contributed by atoms with van der Waals surface area (Å²) in [6, 6.07) is 12.3. The molecule has 3 amide bonds. The zero-order valence-corrected chi connectivity index (χ0v) is 22.2. The maximum atomic E-state index is 12.8. The number of likely N-dealkylation sites (tertiary alicyclic amines) is 1. The predicted molar refractivity (Wildman–Crippen MR) is 150 cm³/mol. The molecule has 1 aliphatic heterocycles. The topological polar surface area (TPSA) is 205 Å². The molecule has 1 atom stereocenters. The van der Waals surface area contributed by atoms with Crippen molar-refractivity contribution < 1.29 is 14.4 Å². The third-order valence-electron chi connectivity index (χ3n) is 7.74. The lowest BCUT2D eigenvalue weighted by atomic mass is 9.68. The largest absolute Gasteiger partial charge is 0.366 e. The quantitative estimate of drug-likeness (QED) is 0.0978. The van der Waals surface area contributed by atoms with Crippen LogP contribution in [0, 0.1) is 11.3 Å². The van der Waals surface area contributed by atoms with Crippen LogP contribution in [0.5, 0.6) is 0 Å². The number of aliphatic imine (C=N–C) groups is 1. The molecular formula is C28H33N9O3. The van der Waals surface area contributed by atoms with Crippen molar-refractivity contribution in [3.05, 3.63) is 69.8 Å². The monoisotopic (exact) mass is 543 g/mol. The number of nitrogens with two attached hydrogens (primary N) is 3. The summed E-state index contributed by atoms with van der Waals surface area (Å²) in [6.45, 7) is 4.73. The molecule has 2 aliphatic rings. The number of nitrogens with one attached hydrogen (secondary N) is 2. The van der Waals surface area contributed by atoms with Crippen LogP contribution in [0.1, 0.15) is 62.2 Å². The molecule has 40 heavy (non-hydrogen) atoms. The number of amidine groups is 1. The van der Waals surface area contributed by atoms with Gasteiger partial charge in [-0.15, -0.1) is 5.10 Å². The Balaban J connectivity index is 1.79. The molecule has 1 fully saturated rings. The highest BCUT2D eigenvalue weighted by atomic mass is 16.2. The number of hydrogen-bond acceptors (Lipinski definition) is 8. The summed E-state index contributed by atoms with van der Waals surface area (Å²) in [7, 11) is 0. The number of hydrazone groups is 1. The maximum absolute atomic E-state index is 12.8. The van der Waals surface area contributed by atoms with E-state index in [-0.39, 0.29) is 18.3 Å². The summed E-state index contributed by atoms with van der Waals surface area (Å²) in [5.41, 5.74) is 16.6. The number of hydrogen-bond donors (Lipinski definition) is 5. The number of hydrazine groups is 1. The first-order valence-electron chi connectivity index (χ1n) is 13.0. The van der Waals surface area contributed by atoms with Gasteiger partial charge in [-0.2, -0.15) is 5.26 Å². The number of primary amides is 2. The number of nitrogens with zero attached hydrogens (tertiary/aromatic N) is 4. The van der Waals surface area contributed by atoms with Crippen LogP contribution >= 0.6 is 0 Å². The Bertz CT molecular complexity index is 1350. The van der Waals surface area contributed by atoms with Crippen molar-refractivity contribution >= 4 is 30.3 Å². The van der Waals surface area contributed by atoms with E-state index in [9.17, 15) is 19.6 Å². The molecule has 1 aliphatic carbocycles. The standard InChI is InChI=1S/C28H33N9O3/c1-33-27(35-36-32)28(10-11-34-16-24(38)37-12-2-3-21(37)15-29)22-8-6-19(25(30)39)13-17(22)4-5-18-14-20(26(31)40)7-9-23(18)28/h6-9,13-14,21,34,36H,1-5,10-12,16,32H2,(H2,30,39)(H2,31,40)/b35-27-/t21-/m0/s1. The highest BCUT2D eigenvalue weighted by molar-refractivity contribution is 6.01. The highest BCUT2D eigenvalue weighted by Gasteiger charge is 2.44. The van der Waals surface area contributed by atoms with E-state index in [1.54, 1.807) is 29.2 Å². The molecule has 0 spiro atoms. The van der Waals surface area contributed by atoms with Crippen LogP contribution in [0.15, 0.2) is 46.5 Å². The van der Waals surface area contributed by atoms with Crippen molar-refractivity contribution in [3.8, 4) is 6.07 Å². The van der Waals surface area contributed by atoms with Gasteiger partial charge in [0.15, 0.2) is 5.84 Å². The average molecular weight is 544 g/mol. The number of carbonyl (C=O) groups is 3. The van der Waals surface area contributed by atoms with Gasteiger partial charge >= 0.3 is 0 Å². The Morgan fingerprint density at radius 2 is 1.68 bits per heavy atom. The average Bonchev–Trinajstić information content (AvgIpc) is 3.39. The van der Waals surface area contributed by atoms with Gasteiger partial charge in [-0.3, -0.25) is 14.4 Å². The fourth-order valence-corrected chi connectivity index (χ4v) is 5.88.